The molecule has 0 aliphatic carbocycles. The van der Waals surface area contributed by atoms with Gasteiger partial charge in [-0.3, -0.25) is 9.59 Å². The van der Waals surface area contributed by atoms with E-state index in [2.05, 4.69) is 0 Å². The van der Waals surface area contributed by atoms with Crippen molar-refractivity contribution in [2.24, 2.45) is 0 Å². The Morgan fingerprint density at radius 2 is 1.88 bits per heavy atom. The van der Waals surface area contributed by atoms with Crippen LogP contribution in [-0.4, -0.2) is 49.7 Å². The maximum absolute atomic E-state index is 13.4. The van der Waals surface area contributed by atoms with Crippen LogP contribution in [0.2, 0.25) is 0 Å². The van der Waals surface area contributed by atoms with Crippen molar-refractivity contribution in [3.05, 3.63) is 87.6 Å². The molecule has 3 aromatic rings. The Balaban J connectivity index is 1.57. The number of nitrogens with zero attached hydrogens (tertiary/aromatic N) is 2. The summed E-state index contributed by atoms with van der Waals surface area (Å²) in [6.45, 7) is 1.19. The Bertz CT molecular complexity index is 1270. The molecule has 0 saturated carbocycles. The van der Waals surface area contributed by atoms with Gasteiger partial charge in [0.1, 0.15) is 0 Å². The minimum absolute atomic E-state index is 0.0455. The molecule has 2 aromatic carbocycles. The van der Waals surface area contributed by atoms with Crippen molar-refractivity contribution in [1.82, 2.24) is 9.21 Å². The lowest BCUT2D eigenvalue weighted by Gasteiger charge is -2.27. The zero-order valence-electron chi connectivity index (χ0n) is 18.8. The molecule has 4 rings (SSSR count). The molecule has 1 amide bonds. The lowest BCUT2D eigenvalue weighted by molar-refractivity contribution is -0.140. The third kappa shape index (κ3) is 5.38. The van der Waals surface area contributed by atoms with E-state index in [1.165, 1.54) is 33.3 Å². The average molecular weight is 499 g/mol. The minimum atomic E-state index is -3.76. The van der Waals surface area contributed by atoms with Crippen LogP contribution >= 0.6 is 11.3 Å². The molecule has 1 aliphatic rings. The van der Waals surface area contributed by atoms with Gasteiger partial charge in [-0.1, -0.05) is 36.4 Å². The van der Waals surface area contributed by atoms with Crippen molar-refractivity contribution < 1.29 is 22.7 Å². The van der Waals surface area contributed by atoms with Gasteiger partial charge in [0.15, 0.2) is 0 Å². The number of fused-ring (bicyclic) bond motifs is 1. The summed E-state index contributed by atoms with van der Waals surface area (Å²) >= 11 is 1.65. The molecule has 0 atom stereocenters. The Kier molecular flexibility index (Phi) is 7.45. The summed E-state index contributed by atoms with van der Waals surface area (Å²) in [4.78, 5) is 28.0. The zero-order chi connectivity index (χ0) is 24.1. The predicted octanol–water partition coefficient (Wildman–Crippen LogP) is 3.70. The SMILES string of the molecule is COC(=O)CCN(Cc1ccccc1)C(=O)c1cccc(S(=O)(=O)N2CCc3sccc3C2)c1. The molecule has 0 saturated heterocycles. The largest absolute Gasteiger partial charge is 0.469 e. The fraction of sp³-hybridized carbons (Fsp3) is 0.280. The van der Waals surface area contributed by atoms with Gasteiger partial charge in [-0.25, -0.2) is 8.42 Å². The summed E-state index contributed by atoms with van der Waals surface area (Å²) in [5.41, 5.74) is 2.20. The van der Waals surface area contributed by atoms with E-state index in [-0.39, 0.29) is 29.3 Å². The zero-order valence-corrected chi connectivity index (χ0v) is 20.5. The van der Waals surface area contributed by atoms with Crippen LogP contribution in [0.4, 0.5) is 0 Å². The van der Waals surface area contributed by atoms with Gasteiger partial charge in [0, 0.05) is 36.6 Å². The maximum Gasteiger partial charge on any atom is 0.307 e. The van der Waals surface area contributed by atoms with Crippen molar-refractivity contribution in [1.29, 1.82) is 0 Å². The van der Waals surface area contributed by atoms with Crippen molar-refractivity contribution in [3.8, 4) is 0 Å². The van der Waals surface area contributed by atoms with E-state index >= 15 is 0 Å². The summed E-state index contributed by atoms with van der Waals surface area (Å²) in [5.74, 6) is -0.761. The maximum atomic E-state index is 13.4. The number of sulfonamides is 1. The van der Waals surface area contributed by atoms with E-state index in [4.69, 9.17) is 4.74 Å². The Hall–Kier alpha value is -3.01. The van der Waals surface area contributed by atoms with E-state index in [1.54, 1.807) is 23.5 Å². The monoisotopic (exact) mass is 498 g/mol. The number of carbonyl (C=O) groups excluding carboxylic acids is 2. The topological polar surface area (TPSA) is 84.0 Å². The van der Waals surface area contributed by atoms with E-state index in [9.17, 15) is 18.0 Å². The van der Waals surface area contributed by atoms with Gasteiger partial charge in [-0.2, -0.15) is 4.31 Å². The summed E-state index contributed by atoms with van der Waals surface area (Å²) in [5, 5.41) is 1.98. The van der Waals surface area contributed by atoms with E-state index in [1.807, 2.05) is 41.8 Å². The number of thiophene rings is 1. The van der Waals surface area contributed by atoms with Crippen LogP contribution < -0.4 is 0 Å². The van der Waals surface area contributed by atoms with Crippen LogP contribution in [0, 0.1) is 0 Å². The van der Waals surface area contributed by atoms with Gasteiger partial charge in [-0.15, -0.1) is 11.3 Å². The number of carbonyl (C=O) groups is 2. The summed E-state index contributed by atoms with van der Waals surface area (Å²) in [6, 6.07) is 17.5. The molecular formula is C25H26N2O5S2. The second kappa shape index (κ2) is 10.5. The summed E-state index contributed by atoms with van der Waals surface area (Å²) in [7, 11) is -2.45. The van der Waals surface area contributed by atoms with Crippen molar-refractivity contribution in [2.75, 3.05) is 20.2 Å². The van der Waals surface area contributed by atoms with E-state index in [0.29, 0.717) is 26.1 Å². The molecule has 0 N–H and O–H groups in total. The van der Waals surface area contributed by atoms with Crippen LogP contribution in [0.3, 0.4) is 0 Å². The second-order valence-electron chi connectivity index (χ2n) is 8.02. The van der Waals surface area contributed by atoms with Crippen molar-refractivity contribution >= 4 is 33.2 Å². The lowest BCUT2D eigenvalue weighted by atomic mass is 10.1. The molecule has 0 spiro atoms. The summed E-state index contributed by atoms with van der Waals surface area (Å²) < 4.78 is 32.9. The first-order valence-electron chi connectivity index (χ1n) is 10.9. The van der Waals surface area contributed by atoms with Crippen molar-refractivity contribution in [3.63, 3.8) is 0 Å². The van der Waals surface area contributed by atoms with Gasteiger partial charge in [0.05, 0.1) is 18.4 Å². The second-order valence-corrected chi connectivity index (χ2v) is 11.0. The highest BCUT2D eigenvalue weighted by molar-refractivity contribution is 7.89. The minimum Gasteiger partial charge on any atom is -0.469 e. The number of esters is 1. The Morgan fingerprint density at radius 1 is 1.09 bits per heavy atom. The van der Waals surface area contributed by atoms with Crippen LogP contribution in [0.15, 0.2) is 70.9 Å². The number of hydrogen-bond acceptors (Lipinski definition) is 6. The average Bonchev–Trinajstić information content (AvgIpc) is 3.34. The van der Waals surface area contributed by atoms with Crippen LogP contribution in [-0.2, 0) is 39.1 Å². The number of methoxy groups -OCH3 is 1. The first kappa shape index (κ1) is 24.1. The fourth-order valence-electron chi connectivity index (χ4n) is 3.93. The quantitative estimate of drug-likeness (QED) is 0.442. The highest BCUT2D eigenvalue weighted by Crippen LogP contribution is 2.28. The summed E-state index contributed by atoms with van der Waals surface area (Å²) in [6.07, 6.45) is 0.729. The molecule has 0 bridgehead atoms. The van der Waals surface area contributed by atoms with Crippen molar-refractivity contribution in [2.45, 2.75) is 30.8 Å². The molecule has 2 heterocycles. The molecule has 1 aliphatic heterocycles. The lowest BCUT2D eigenvalue weighted by Crippen LogP contribution is -2.36. The molecule has 7 nitrogen and oxygen atoms in total. The van der Waals surface area contributed by atoms with E-state index < -0.39 is 16.0 Å². The fourth-order valence-corrected chi connectivity index (χ4v) is 6.29. The predicted molar refractivity (Wildman–Crippen MR) is 130 cm³/mol. The van der Waals surface area contributed by atoms with Crippen LogP contribution in [0.1, 0.15) is 32.8 Å². The van der Waals surface area contributed by atoms with E-state index in [0.717, 1.165) is 11.1 Å². The molecular weight excluding hydrogens is 472 g/mol. The third-order valence-corrected chi connectivity index (χ3v) is 8.67. The van der Waals surface area contributed by atoms with Crippen LogP contribution in [0.5, 0.6) is 0 Å². The number of hydrogen-bond donors (Lipinski definition) is 0. The molecule has 9 heteroatoms. The number of rotatable bonds is 8. The molecule has 1 aromatic heterocycles. The highest BCUT2D eigenvalue weighted by Gasteiger charge is 2.29. The molecule has 34 heavy (non-hydrogen) atoms. The number of ether oxygens (including phenoxy) is 1. The molecule has 178 valence electrons. The molecule has 0 unspecified atom stereocenters. The Morgan fingerprint density at radius 3 is 2.65 bits per heavy atom. The van der Waals surface area contributed by atoms with Gasteiger partial charge in [0.25, 0.3) is 5.91 Å². The van der Waals surface area contributed by atoms with Gasteiger partial charge < -0.3 is 9.64 Å². The number of amides is 1. The normalized spacial score (nSPS) is 13.8. The van der Waals surface area contributed by atoms with Gasteiger partial charge in [0.2, 0.25) is 10.0 Å². The highest BCUT2D eigenvalue weighted by atomic mass is 32.2. The molecule has 0 radical (unpaired) electrons. The first-order chi connectivity index (χ1) is 16.4. The smallest absolute Gasteiger partial charge is 0.307 e. The van der Waals surface area contributed by atoms with Gasteiger partial charge >= 0.3 is 5.97 Å². The first-order valence-corrected chi connectivity index (χ1v) is 13.3. The van der Waals surface area contributed by atoms with Gasteiger partial charge in [-0.05, 0) is 47.2 Å². The third-order valence-electron chi connectivity index (χ3n) is 5.81. The standard InChI is InChI=1S/C25H26N2O5S2/c1-32-24(28)11-13-26(17-19-6-3-2-4-7-19)25(29)20-8-5-9-22(16-20)34(30,31)27-14-10-23-21(18-27)12-15-33-23/h2-9,12,15-16H,10-11,13-14,17-18H2,1H3. The van der Waals surface area contributed by atoms with Crippen LogP contribution in [0.25, 0.3) is 0 Å². The number of benzene rings is 2. The molecule has 0 fully saturated rings. The Labute approximate surface area is 203 Å².